The normalized spacial score (nSPS) is 12.2. The highest BCUT2D eigenvalue weighted by Gasteiger charge is 2.17. The van der Waals surface area contributed by atoms with Crippen molar-refractivity contribution in [1.29, 1.82) is 0 Å². The summed E-state index contributed by atoms with van der Waals surface area (Å²) >= 11 is 0. The summed E-state index contributed by atoms with van der Waals surface area (Å²) in [6.45, 7) is 5.70. The van der Waals surface area contributed by atoms with Gasteiger partial charge in [0.25, 0.3) is 0 Å². The van der Waals surface area contributed by atoms with Gasteiger partial charge >= 0.3 is 5.97 Å². The lowest BCUT2D eigenvalue weighted by Gasteiger charge is -2.14. The number of ether oxygens (including phenoxy) is 3. The highest BCUT2D eigenvalue weighted by Crippen LogP contribution is 2.35. The molecular weight excluding hydrogens is 256 g/mol. The molecule has 0 aliphatic heterocycles. The van der Waals surface area contributed by atoms with E-state index in [4.69, 9.17) is 14.2 Å². The zero-order valence-electron chi connectivity index (χ0n) is 12.7. The Balaban J connectivity index is 3.18. The van der Waals surface area contributed by atoms with E-state index in [1.165, 1.54) is 0 Å². The van der Waals surface area contributed by atoms with Crippen LogP contribution < -0.4 is 14.2 Å². The van der Waals surface area contributed by atoms with Crippen molar-refractivity contribution < 1.29 is 19.0 Å². The predicted molar refractivity (Wildman–Crippen MR) is 79.3 cm³/mol. The van der Waals surface area contributed by atoms with E-state index >= 15 is 0 Å². The smallest absolute Gasteiger partial charge is 0.314 e. The summed E-state index contributed by atoms with van der Waals surface area (Å²) in [7, 11) is 3.12. The second-order valence-corrected chi connectivity index (χ2v) is 4.48. The Morgan fingerprint density at radius 2 is 1.80 bits per heavy atom. The van der Waals surface area contributed by atoms with E-state index in [-0.39, 0.29) is 11.9 Å². The van der Waals surface area contributed by atoms with Gasteiger partial charge in [0.15, 0.2) is 11.5 Å². The molecule has 0 saturated heterocycles. The van der Waals surface area contributed by atoms with Crippen molar-refractivity contribution in [3.8, 4) is 17.2 Å². The zero-order chi connectivity index (χ0) is 15.1. The Hall–Kier alpha value is -1.97. The van der Waals surface area contributed by atoms with Crippen LogP contribution in [-0.2, 0) is 4.79 Å². The summed E-state index contributed by atoms with van der Waals surface area (Å²) in [6.07, 6.45) is 4.48. The number of methoxy groups -OCH3 is 2. The van der Waals surface area contributed by atoms with Gasteiger partial charge < -0.3 is 14.2 Å². The maximum Gasteiger partial charge on any atom is 0.314 e. The molecule has 0 saturated carbocycles. The van der Waals surface area contributed by atoms with Crippen molar-refractivity contribution in [2.75, 3.05) is 14.2 Å². The second-order valence-electron chi connectivity index (χ2n) is 4.48. The van der Waals surface area contributed by atoms with Gasteiger partial charge in [-0.3, -0.25) is 4.79 Å². The van der Waals surface area contributed by atoms with Crippen LogP contribution in [0, 0.1) is 5.92 Å². The van der Waals surface area contributed by atoms with Gasteiger partial charge in [-0.15, -0.1) is 0 Å². The number of hydrogen-bond donors (Lipinski definition) is 0. The van der Waals surface area contributed by atoms with Gasteiger partial charge in [0.2, 0.25) is 0 Å². The quantitative estimate of drug-likeness (QED) is 0.588. The van der Waals surface area contributed by atoms with Crippen LogP contribution in [0.15, 0.2) is 18.2 Å². The fourth-order valence-corrected chi connectivity index (χ4v) is 1.65. The molecule has 4 nitrogen and oxygen atoms in total. The minimum absolute atomic E-state index is 0.137. The molecule has 0 spiro atoms. The molecule has 110 valence electrons. The molecule has 0 radical (unpaired) electrons. The predicted octanol–water partition coefficient (Wildman–Crippen LogP) is 3.69. The van der Waals surface area contributed by atoms with Gasteiger partial charge in [-0.2, -0.15) is 0 Å². The SMILES string of the molecule is C/C=C/c1cc(OC)c(OC)cc1OC(=O)C(C)CC. The van der Waals surface area contributed by atoms with Gasteiger partial charge in [-0.1, -0.05) is 26.0 Å². The number of rotatable bonds is 6. The Morgan fingerprint density at radius 3 is 2.30 bits per heavy atom. The Kier molecular flexibility index (Phi) is 6.10. The lowest BCUT2D eigenvalue weighted by Crippen LogP contribution is -2.17. The van der Waals surface area contributed by atoms with Crippen LogP contribution in [0.2, 0.25) is 0 Å². The van der Waals surface area contributed by atoms with E-state index in [9.17, 15) is 4.79 Å². The molecule has 0 aliphatic rings. The standard InChI is InChI=1S/C16H22O4/c1-6-8-12-9-14(18-4)15(19-5)10-13(12)20-16(17)11(3)7-2/h6,8-11H,7H2,1-5H3/b8-6+. The minimum atomic E-state index is -0.245. The maximum atomic E-state index is 11.9. The topological polar surface area (TPSA) is 44.8 Å². The summed E-state index contributed by atoms with van der Waals surface area (Å²) < 4.78 is 16.0. The Bertz CT molecular complexity index is 491. The van der Waals surface area contributed by atoms with Crippen LogP contribution in [0.5, 0.6) is 17.2 Å². The van der Waals surface area contributed by atoms with E-state index < -0.39 is 0 Å². The van der Waals surface area contributed by atoms with Gasteiger partial charge in [0.1, 0.15) is 5.75 Å². The van der Waals surface area contributed by atoms with Crippen molar-refractivity contribution >= 4 is 12.0 Å². The highest BCUT2D eigenvalue weighted by molar-refractivity contribution is 5.77. The first-order valence-corrected chi connectivity index (χ1v) is 6.67. The minimum Gasteiger partial charge on any atom is -0.493 e. The first-order chi connectivity index (χ1) is 9.57. The molecule has 0 fully saturated rings. The van der Waals surface area contributed by atoms with E-state index in [1.54, 1.807) is 26.4 Å². The Labute approximate surface area is 120 Å². The van der Waals surface area contributed by atoms with E-state index in [0.29, 0.717) is 17.2 Å². The second kappa shape index (κ2) is 7.58. The first-order valence-electron chi connectivity index (χ1n) is 6.67. The zero-order valence-corrected chi connectivity index (χ0v) is 12.7. The summed E-state index contributed by atoms with van der Waals surface area (Å²) in [5, 5.41) is 0. The summed E-state index contributed by atoms with van der Waals surface area (Å²) in [4.78, 5) is 11.9. The maximum absolute atomic E-state index is 11.9. The third-order valence-electron chi connectivity index (χ3n) is 3.09. The first kappa shape index (κ1) is 16.1. The third-order valence-corrected chi connectivity index (χ3v) is 3.09. The van der Waals surface area contributed by atoms with Crippen molar-refractivity contribution in [3.05, 3.63) is 23.8 Å². The van der Waals surface area contributed by atoms with Crippen LogP contribution in [0.3, 0.4) is 0 Å². The molecule has 1 aromatic rings. The van der Waals surface area contributed by atoms with E-state index in [1.807, 2.05) is 32.9 Å². The highest BCUT2D eigenvalue weighted by atomic mass is 16.5. The van der Waals surface area contributed by atoms with Crippen molar-refractivity contribution in [3.63, 3.8) is 0 Å². The number of hydrogen-bond acceptors (Lipinski definition) is 4. The van der Waals surface area contributed by atoms with Crippen LogP contribution in [0.25, 0.3) is 6.08 Å². The Morgan fingerprint density at radius 1 is 1.20 bits per heavy atom. The van der Waals surface area contributed by atoms with Crippen molar-refractivity contribution in [2.24, 2.45) is 5.92 Å². The van der Waals surface area contributed by atoms with E-state index in [2.05, 4.69) is 0 Å². The molecule has 0 aromatic heterocycles. The van der Waals surface area contributed by atoms with Gasteiger partial charge in [-0.25, -0.2) is 0 Å². The van der Waals surface area contributed by atoms with Crippen molar-refractivity contribution in [2.45, 2.75) is 27.2 Å². The van der Waals surface area contributed by atoms with E-state index in [0.717, 1.165) is 12.0 Å². The van der Waals surface area contributed by atoms with Crippen LogP contribution in [0.1, 0.15) is 32.8 Å². The molecule has 20 heavy (non-hydrogen) atoms. The number of benzene rings is 1. The summed E-state index contributed by atoms with van der Waals surface area (Å²) in [5.74, 6) is 1.23. The molecule has 0 bridgehead atoms. The lowest BCUT2D eigenvalue weighted by atomic mass is 10.1. The van der Waals surface area contributed by atoms with Crippen LogP contribution in [0.4, 0.5) is 0 Å². The molecular formula is C16H22O4. The molecule has 1 unspecified atom stereocenters. The largest absolute Gasteiger partial charge is 0.493 e. The number of carbonyl (C=O) groups excluding carboxylic acids is 1. The monoisotopic (exact) mass is 278 g/mol. The average Bonchev–Trinajstić information content (AvgIpc) is 2.47. The average molecular weight is 278 g/mol. The molecule has 0 amide bonds. The van der Waals surface area contributed by atoms with Gasteiger partial charge in [0, 0.05) is 11.6 Å². The number of carbonyl (C=O) groups is 1. The fraction of sp³-hybridized carbons (Fsp3) is 0.438. The van der Waals surface area contributed by atoms with Crippen molar-refractivity contribution in [1.82, 2.24) is 0 Å². The molecule has 0 N–H and O–H groups in total. The van der Waals surface area contributed by atoms with Crippen LogP contribution in [-0.4, -0.2) is 20.2 Å². The number of esters is 1. The summed E-state index contributed by atoms with van der Waals surface area (Å²) in [5.41, 5.74) is 0.779. The molecule has 1 rings (SSSR count). The molecule has 4 heteroatoms. The van der Waals surface area contributed by atoms with Crippen LogP contribution >= 0.6 is 0 Å². The fourth-order valence-electron chi connectivity index (χ4n) is 1.65. The van der Waals surface area contributed by atoms with Gasteiger partial charge in [-0.05, 0) is 19.4 Å². The summed E-state index contributed by atoms with van der Waals surface area (Å²) in [6, 6.07) is 3.46. The molecule has 1 atom stereocenters. The molecule has 1 aromatic carbocycles. The van der Waals surface area contributed by atoms with Gasteiger partial charge in [0.05, 0.1) is 20.1 Å². The third kappa shape index (κ3) is 3.76. The number of allylic oxidation sites excluding steroid dienone is 1. The lowest BCUT2D eigenvalue weighted by molar-refractivity contribution is -0.138. The molecule has 0 heterocycles. The molecule has 0 aliphatic carbocycles.